The molecule has 0 spiro atoms. The molecule has 2 aromatic carbocycles. The van der Waals surface area contributed by atoms with E-state index in [0.29, 0.717) is 10.0 Å². The minimum absolute atomic E-state index is 0.184. The van der Waals surface area contributed by atoms with E-state index in [0.717, 1.165) is 17.7 Å². The third-order valence-electron chi connectivity index (χ3n) is 2.79. The van der Waals surface area contributed by atoms with Gasteiger partial charge in [-0.2, -0.15) is 0 Å². The van der Waals surface area contributed by atoms with Crippen LogP contribution in [0.2, 0.25) is 10.0 Å². The molecule has 0 heterocycles. The Bertz CT molecular complexity index is 555. The number of halogens is 3. The third kappa shape index (κ3) is 4.12. The molecule has 1 atom stereocenters. The molecule has 0 amide bonds. The van der Waals surface area contributed by atoms with Crippen molar-refractivity contribution in [3.63, 3.8) is 0 Å². The average Bonchev–Trinajstić information content (AvgIpc) is 2.36. The number of hydrogen-bond donors (Lipinski definition) is 1. The first kappa shape index (κ1) is 14.2. The zero-order valence-electron chi connectivity index (χ0n) is 10.5. The van der Waals surface area contributed by atoms with Crippen molar-refractivity contribution in [3.8, 4) is 0 Å². The summed E-state index contributed by atoms with van der Waals surface area (Å²) in [6, 6.07) is 12.1. The van der Waals surface area contributed by atoms with Crippen LogP contribution < -0.4 is 5.32 Å². The molecule has 1 unspecified atom stereocenters. The Morgan fingerprint density at radius 1 is 1.11 bits per heavy atom. The maximum atomic E-state index is 12.8. The summed E-state index contributed by atoms with van der Waals surface area (Å²) in [6.07, 6.45) is 0.791. The summed E-state index contributed by atoms with van der Waals surface area (Å²) in [5, 5.41) is 4.52. The van der Waals surface area contributed by atoms with Gasteiger partial charge in [-0.15, -0.1) is 0 Å². The van der Waals surface area contributed by atoms with E-state index in [1.54, 1.807) is 24.3 Å². The van der Waals surface area contributed by atoms with E-state index in [9.17, 15) is 4.39 Å². The molecule has 0 aliphatic heterocycles. The van der Waals surface area contributed by atoms with Crippen molar-refractivity contribution in [3.05, 3.63) is 63.9 Å². The predicted octanol–water partition coefficient (Wildman–Crippen LogP) is 5.18. The molecule has 19 heavy (non-hydrogen) atoms. The topological polar surface area (TPSA) is 12.0 Å². The quantitative estimate of drug-likeness (QED) is 0.820. The minimum Gasteiger partial charge on any atom is -0.381 e. The van der Waals surface area contributed by atoms with Crippen molar-refractivity contribution in [1.29, 1.82) is 0 Å². The Morgan fingerprint density at radius 2 is 1.79 bits per heavy atom. The molecule has 0 fully saturated rings. The maximum Gasteiger partial charge on any atom is 0.123 e. The van der Waals surface area contributed by atoms with Crippen molar-refractivity contribution < 1.29 is 4.39 Å². The Labute approximate surface area is 122 Å². The summed E-state index contributed by atoms with van der Waals surface area (Å²) in [5.41, 5.74) is 1.92. The van der Waals surface area contributed by atoms with Gasteiger partial charge in [0.2, 0.25) is 0 Å². The van der Waals surface area contributed by atoms with E-state index >= 15 is 0 Å². The number of hydrogen-bond acceptors (Lipinski definition) is 1. The lowest BCUT2D eigenvalue weighted by Gasteiger charge is -2.16. The molecule has 0 aromatic heterocycles. The van der Waals surface area contributed by atoms with Gasteiger partial charge in [0.25, 0.3) is 0 Å². The lowest BCUT2D eigenvalue weighted by atomic mass is 10.1. The van der Waals surface area contributed by atoms with E-state index < -0.39 is 0 Å². The van der Waals surface area contributed by atoms with Gasteiger partial charge in [-0.1, -0.05) is 35.3 Å². The molecule has 1 N–H and O–H groups in total. The highest BCUT2D eigenvalue weighted by Gasteiger charge is 2.07. The van der Waals surface area contributed by atoms with Crippen LogP contribution in [0.25, 0.3) is 0 Å². The van der Waals surface area contributed by atoms with Crippen molar-refractivity contribution in [1.82, 2.24) is 0 Å². The van der Waals surface area contributed by atoms with Crippen molar-refractivity contribution in [2.75, 3.05) is 5.32 Å². The molecule has 0 bridgehead atoms. The van der Waals surface area contributed by atoms with Gasteiger partial charge in [-0.25, -0.2) is 4.39 Å². The van der Waals surface area contributed by atoms with Crippen molar-refractivity contribution >= 4 is 28.9 Å². The molecule has 0 saturated heterocycles. The van der Waals surface area contributed by atoms with E-state index in [4.69, 9.17) is 23.2 Å². The highest BCUT2D eigenvalue weighted by molar-refractivity contribution is 6.36. The third-order valence-corrected chi connectivity index (χ3v) is 3.34. The van der Waals surface area contributed by atoms with Gasteiger partial charge in [-0.3, -0.25) is 0 Å². The Balaban J connectivity index is 2.01. The molecule has 0 radical (unpaired) electrons. The summed E-state index contributed by atoms with van der Waals surface area (Å²) < 4.78 is 12.8. The zero-order chi connectivity index (χ0) is 13.8. The first-order valence-electron chi connectivity index (χ1n) is 6.00. The van der Waals surface area contributed by atoms with Crippen LogP contribution in [-0.4, -0.2) is 6.04 Å². The molecule has 2 rings (SSSR count). The van der Waals surface area contributed by atoms with Crippen LogP contribution >= 0.6 is 23.2 Å². The Hall–Kier alpha value is -1.25. The fraction of sp³-hybridized carbons (Fsp3) is 0.200. The fourth-order valence-electron chi connectivity index (χ4n) is 1.90. The molecule has 0 saturated carbocycles. The van der Waals surface area contributed by atoms with Crippen LogP contribution in [0.3, 0.4) is 0 Å². The van der Waals surface area contributed by atoms with Gasteiger partial charge in [-0.05, 0) is 49.2 Å². The van der Waals surface area contributed by atoms with Gasteiger partial charge < -0.3 is 5.32 Å². The smallest absolute Gasteiger partial charge is 0.123 e. The number of benzene rings is 2. The molecule has 4 heteroatoms. The minimum atomic E-state index is -0.217. The zero-order valence-corrected chi connectivity index (χ0v) is 12.0. The molecule has 1 nitrogen and oxygen atoms in total. The number of anilines is 1. The summed E-state index contributed by atoms with van der Waals surface area (Å²) in [7, 11) is 0. The monoisotopic (exact) mass is 297 g/mol. The number of nitrogens with one attached hydrogen (secondary N) is 1. The van der Waals surface area contributed by atoms with Gasteiger partial charge in [0.05, 0.1) is 10.7 Å². The second-order valence-electron chi connectivity index (χ2n) is 4.50. The molecule has 100 valence electrons. The standard InChI is InChI=1S/C15H14Cl2FN/c1-10(8-11-2-5-13(18)6-3-11)19-15-7-4-12(16)9-14(15)17/h2-7,9-10,19H,8H2,1H3. The van der Waals surface area contributed by atoms with E-state index in [1.807, 2.05) is 13.0 Å². The van der Waals surface area contributed by atoms with E-state index in [2.05, 4.69) is 5.32 Å². The van der Waals surface area contributed by atoms with Gasteiger partial charge >= 0.3 is 0 Å². The normalized spacial score (nSPS) is 12.2. The largest absolute Gasteiger partial charge is 0.381 e. The lowest BCUT2D eigenvalue weighted by molar-refractivity contribution is 0.626. The van der Waals surface area contributed by atoms with Crippen LogP contribution in [0, 0.1) is 5.82 Å². The average molecular weight is 298 g/mol. The number of rotatable bonds is 4. The van der Waals surface area contributed by atoms with Gasteiger partial charge in [0, 0.05) is 11.1 Å². The van der Waals surface area contributed by atoms with Crippen molar-refractivity contribution in [2.45, 2.75) is 19.4 Å². The first-order valence-corrected chi connectivity index (χ1v) is 6.76. The Morgan fingerprint density at radius 3 is 2.42 bits per heavy atom. The van der Waals surface area contributed by atoms with E-state index in [-0.39, 0.29) is 11.9 Å². The summed E-state index contributed by atoms with van der Waals surface area (Å²) in [6.45, 7) is 2.05. The van der Waals surface area contributed by atoms with Crippen LogP contribution in [0.15, 0.2) is 42.5 Å². The second-order valence-corrected chi connectivity index (χ2v) is 5.34. The molecular weight excluding hydrogens is 284 g/mol. The van der Waals surface area contributed by atoms with Crippen molar-refractivity contribution in [2.24, 2.45) is 0 Å². The predicted molar refractivity (Wildman–Crippen MR) is 79.7 cm³/mol. The summed E-state index contributed by atoms with van der Waals surface area (Å²) in [5.74, 6) is -0.217. The van der Waals surface area contributed by atoms with Gasteiger partial charge in [0.1, 0.15) is 5.82 Å². The summed E-state index contributed by atoms with van der Waals surface area (Å²) >= 11 is 12.0. The van der Waals surface area contributed by atoms with Crippen LogP contribution in [0.4, 0.5) is 10.1 Å². The summed E-state index contributed by atoms with van der Waals surface area (Å²) in [4.78, 5) is 0. The molecular formula is C15H14Cl2FN. The van der Waals surface area contributed by atoms with Gasteiger partial charge in [0.15, 0.2) is 0 Å². The maximum absolute atomic E-state index is 12.8. The highest BCUT2D eigenvalue weighted by Crippen LogP contribution is 2.26. The first-order chi connectivity index (χ1) is 9.04. The Kier molecular flexibility index (Phi) is 4.67. The molecule has 0 aliphatic carbocycles. The van der Waals surface area contributed by atoms with Crippen LogP contribution in [0.5, 0.6) is 0 Å². The lowest BCUT2D eigenvalue weighted by Crippen LogP contribution is -2.18. The molecule has 2 aromatic rings. The van der Waals surface area contributed by atoms with Crippen LogP contribution in [0.1, 0.15) is 12.5 Å². The SMILES string of the molecule is CC(Cc1ccc(F)cc1)Nc1ccc(Cl)cc1Cl. The molecule has 0 aliphatic rings. The van der Waals surface area contributed by atoms with E-state index in [1.165, 1.54) is 12.1 Å². The highest BCUT2D eigenvalue weighted by atomic mass is 35.5. The fourth-order valence-corrected chi connectivity index (χ4v) is 2.36. The second kappa shape index (κ2) is 6.27. The van der Waals surface area contributed by atoms with Crippen LogP contribution in [-0.2, 0) is 6.42 Å².